The SMILES string of the molecule is CCOC(=O)c1[nH]c(C)c(C(=O)CN(Cc2ccc(F)cc2)C(=O)CC(C)C)c1C. The van der Waals surface area contributed by atoms with E-state index in [1.807, 2.05) is 13.8 Å². The predicted molar refractivity (Wildman–Crippen MR) is 112 cm³/mol. The second-order valence-corrected chi connectivity index (χ2v) is 7.74. The second kappa shape index (κ2) is 10.2. The molecule has 0 unspecified atom stereocenters. The molecule has 6 nitrogen and oxygen atoms in total. The molecule has 30 heavy (non-hydrogen) atoms. The van der Waals surface area contributed by atoms with Gasteiger partial charge in [-0.3, -0.25) is 9.59 Å². The fourth-order valence-electron chi connectivity index (χ4n) is 3.35. The van der Waals surface area contributed by atoms with Crippen LogP contribution in [0, 0.1) is 25.6 Å². The molecule has 0 fully saturated rings. The Morgan fingerprint density at radius 1 is 1.13 bits per heavy atom. The zero-order chi connectivity index (χ0) is 22.4. The van der Waals surface area contributed by atoms with Crippen molar-refractivity contribution in [2.45, 2.75) is 47.6 Å². The van der Waals surface area contributed by atoms with Crippen molar-refractivity contribution in [3.05, 3.63) is 58.2 Å². The van der Waals surface area contributed by atoms with Crippen molar-refractivity contribution in [2.24, 2.45) is 5.92 Å². The zero-order valence-corrected chi connectivity index (χ0v) is 18.2. The highest BCUT2D eigenvalue weighted by atomic mass is 19.1. The van der Waals surface area contributed by atoms with Gasteiger partial charge in [-0.25, -0.2) is 9.18 Å². The summed E-state index contributed by atoms with van der Waals surface area (Å²) in [6, 6.07) is 5.85. The average Bonchev–Trinajstić information content (AvgIpc) is 2.97. The Morgan fingerprint density at radius 3 is 2.33 bits per heavy atom. The number of nitrogens with zero attached hydrogens (tertiary/aromatic N) is 1. The van der Waals surface area contributed by atoms with Gasteiger partial charge in [0.25, 0.3) is 0 Å². The first-order valence-electron chi connectivity index (χ1n) is 10.1. The Hall–Kier alpha value is -2.96. The van der Waals surface area contributed by atoms with E-state index in [1.54, 1.807) is 32.9 Å². The van der Waals surface area contributed by atoms with E-state index >= 15 is 0 Å². The molecule has 1 heterocycles. The average molecular weight is 416 g/mol. The van der Waals surface area contributed by atoms with Crippen LogP contribution in [0.25, 0.3) is 0 Å². The number of halogens is 1. The fraction of sp³-hybridized carbons (Fsp3) is 0.435. The molecule has 0 bridgehead atoms. The Kier molecular flexibility index (Phi) is 7.92. The first-order valence-corrected chi connectivity index (χ1v) is 10.1. The summed E-state index contributed by atoms with van der Waals surface area (Å²) in [6.45, 7) is 9.27. The molecule has 0 spiro atoms. The van der Waals surface area contributed by atoms with Gasteiger partial charge in [-0.15, -0.1) is 0 Å². The van der Waals surface area contributed by atoms with E-state index in [4.69, 9.17) is 4.74 Å². The smallest absolute Gasteiger partial charge is 0.355 e. The minimum Gasteiger partial charge on any atom is -0.461 e. The van der Waals surface area contributed by atoms with E-state index in [-0.39, 0.29) is 48.8 Å². The molecule has 2 aromatic rings. The number of esters is 1. The second-order valence-electron chi connectivity index (χ2n) is 7.74. The quantitative estimate of drug-likeness (QED) is 0.491. The van der Waals surface area contributed by atoms with Crippen LogP contribution in [0.4, 0.5) is 4.39 Å². The Bertz CT molecular complexity index is 916. The first kappa shape index (κ1) is 23.3. The van der Waals surface area contributed by atoms with Crippen molar-refractivity contribution < 1.29 is 23.5 Å². The number of H-pyrrole nitrogens is 1. The number of hydrogen-bond acceptors (Lipinski definition) is 4. The van der Waals surface area contributed by atoms with E-state index in [1.165, 1.54) is 17.0 Å². The highest BCUT2D eigenvalue weighted by molar-refractivity contribution is 6.04. The number of rotatable bonds is 9. The van der Waals surface area contributed by atoms with Gasteiger partial charge in [0.1, 0.15) is 11.5 Å². The molecule has 0 aliphatic carbocycles. The van der Waals surface area contributed by atoms with Gasteiger partial charge in [0.2, 0.25) is 5.91 Å². The van der Waals surface area contributed by atoms with Gasteiger partial charge < -0.3 is 14.6 Å². The number of ether oxygens (including phenoxy) is 1. The summed E-state index contributed by atoms with van der Waals surface area (Å²) in [6.07, 6.45) is 0.299. The number of aromatic amines is 1. The lowest BCUT2D eigenvalue weighted by Gasteiger charge is -2.23. The Balaban J connectivity index is 2.28. The van der Waals surface area contributed by atoms with Crippen LogP contribution in [-0.2, 0) is 16.1 Å². The molecular weight excluding hydrogens is 387 g/mol. The van der Waals surface area contributed by atoms with Crippen molar-refractivity contribution in [3.63, 3.8) is 0 Å². The summed E-state index contributed by atoms with van der Waals surface area (Å²) in [4.78, 5) is 42.4. The summed E-state index contributed by atoms with van der Waals surface area (Å²) in [7, 11) is 0. The topological polar surface area (TPSA) is 79.5 Å². The third-order valence-electron chi connectivity index (χ3n) is 4.75. The molecule has 1 aromatic heterocycles. The number of carbonyl (C=O) groups is 3. The Morgan fingerprint density at radius 2 is 1.77 bits per heavy atom. The van der Waals surface area contributed by atoms with E-state index in [2.05, 4.69) is 4.98 Å². The largest absolute Gasteiger partial charge is 0.461 e. The minimum atomic E-state index is -0.517. The molecule has 0 aliphatic rings. The van der Waals surface area contributed by atoms with Crippen LogP contribution in [0.2, 0.25) is 0 Å². The number of Topliss-reactive ketones (excluding diaryl/α,β-unsaturated/α-hetero) is 1. The van der Waals surface area contributed by atoms with Crippen LogP contribution in [0.1, 0.15) is 64.9 Å². The summed E-state index contributed by atoms with van der Waals surface area (Å²) in [5, 5.41) is 0. The van der Waals surface area contributed by atoms with Crippen LogP contribution >= 0.6 is 0 Å². The molecule has 7 heteroatoms. The molecule has 1 N–H and O–H groups in total. The molecule has 162 valence electrons. The van der Waals surface area contributed by atoms with Gasteiger partial charge in [0.15, 0.2) is 5.78 Å². The number of benzene rings is 1. The van der Waals surface area contributed by atoms with Crippen molar-refractivity contribution in [2.75, 3.05) is 13.2 Å². The van der Waals surface area contributed by atoms with E-state index in [0.717, 1.165) is 5.56 Å². The standard InChI is InChI=1S/C23H29FN2O4/c1-6-30-23(29)22-15(4)21(16(5)25-22)19(27)13-26(20(28)11-14(2)3)12-17-7-9-18(24)10-8-17/h7-10,14,25H,6,11-13H2,1-5H3. The number of aryl methyl sites for hydroxylation is 1. The summed E-state index contributed by atoms with van der Waals surface area (Å²) < 4.78 is 18.3. The van der Waals surface area contributed by atoms with Crippen LogP contribution < -0.4 is 0 Å². The number of hydrogen-bond donors (Lipinski definition) is 1. The molecule has 2 rings (SSSR count). The lowest BCUT2D eigenvalue weighted by Crippen LogP contribution is -2.36. The van der Waals surface area contributed by atoms with Crippen molar-refractivity contribution >= 4 is 17.7 Å². The maximum Gasteiger partial charge on any atom is 0.355 e. The number of ketones is 1. The molecule has 1 amide bonds. The summed E-state index contributed by atoms with van der Waals surface area (Å²) >= 11 is 0. The fourth-order valence-corrected chi connectivity index (χ4v) is 3.35. The highest BCUT2D eigenvalue weighted by Gasteiger charge is 2.26. The Labute approximate surface area is 176 Å². The molecule has 0 radical (unpaired) electrons. The van der Waals surface area contributed by atoms with Crippen LogP contribution in [0.5, 0.6) is 0 Å². The van der Waals surface area contributed by atoms with Crippen molar-refractivity contribution in [1.82, 2.24) is 9.88 Å². The van der Waals surface area contributed by atoms with Gasteiger partial charge in [0, 0.05) is 24.2 Å². The van der Waals surface area contributed by atoms with Gasteiger partial charge >= 0.3 is 5.97 Å². The molecular formula is C23H29FN2O4. The highest BCUT2D eigenvalue weighted by Crippen LogP contribution is 2.21. The van der Waals surface area contributed by atoms with E-state index in [9.17, 15) is 18.8 Å². The van der Waals surface area contributed by atoms with Crippen LogP contribution in [0.3, 0.4) is 0 Å². The van der Waals surface area contributed by atoms with Gasteiger partial charge in [-0.2, -0.15) is 0 Å². The third kappa shape index (κ3) is 5.78. The molecule has 1 aromatic carbocycles. The number of carbonyl (C=O) groups excluding carboxylic acids is 3. The molecule has 0 saturated heterocycles. The van der Waals surface area contributed by atoms with Gasteiger partial charge in [-0.05, 0) is 49.9 Å². The minimum absolute atomic E-state index is 0.134. The normalized spacial score (nSPS) is 10.9. The summed E-state index contributed by atoms with van der Waals surface area (Å²) in [5.74, 6) is -1.17. The number of amides is 1. The van der Waals surface area contributed by atoms with Gasteiger partial charge in [-0.1, -0.05) is 26.0 Å². The molecule has 0 aliphatic heterocycles. The molecule has 0 saturated carbocycles. The van der Waals surface area contributed by atoms with E-state index in [0.29, 0.717) is 23.2 Å². The van der Waals surface area contributed by atoms with Crippen LogP contribution in [-0.4, -0.2) is 40.7 Å². The third-order valence-corrected chi connectivity index (χ3v) is 4.75. The number of aromatic nitrogens is 1. The van der Waals surface area contributed by atoms with Crippen molar-refractivity contribution in [1.29, 1.82) is 0 Å². The lowest BCUT2D eigenvalue weighted by atomic mass is 10.0. The summed E-state index contributed by atoms with van der Waals surface area (Å²) in [5.41, 5.74) is 2.43. The predicted octanol–water partition coefficient (Wildman–Crippen LogP) is 4.20. The van der Waals surface area contributed by atoms with E-state index < -0.39 is 5.97 Å². The van der Waals surface area contributed by atoms with Crippen molar-refractivity contribution in [3.8, 4) is 0 Å². The maximum atomic E-state index is 13.2. The number of nitrogens with one attached hydrogen (secondary N) is 1. The van der Waals surface area contributed by atoms with Crippen LogP contribution in [0.15, 0.2) is 24.3 Å². The molecule has 0 atom stereocenters. The zero-order valence-electron chi connectivity index (χ0n) is 18.2. The first-order chi connectivity index (χ1) is 14.1. The maximum absolute atomic E-state index is 13.2. The monoisotopic (exact) mass is 416 g/mol. The van der Waals surface area contributed by atoms with Gasteiger partial charge in [0.05, 0.1) is 13.2 Å². The lowest BCUT2D eigenvalue weighted by molar-refractivity contribution is -0.132.